The van der Waals surface area contributed by atoms with E-state index < -0.39 is 15.2 Å². The minimum absolute atomic E-state index is 0.0724. The number of H-pyrrole nitrogens is 1. The molecule has 0 aliphatic heterocycles. The first-order valence-corrected chi connectivity index (χ1v) is 13.7. The Kier molecular flexibility index (Phi) is 10.0. The minimum atomic E-state index is -3.72. The number of hydrogen-bond acceptors (Lipinski definition) is 9. The van der Waals surface area contributed by atoms with Crippen molar-refractivity contribution in [1.29, 1.82) is 0 Å². The van der Waals surface area contributed by atoms with E-state index in [-0.39, 0.29) is 49.8 Å². The van der Waals surface area contributed by atoms with E-state index in [1.54, 1.807) is 25.3 Å². The summed E-state index contributed by atoms with van der Waals surface area (Å²) in [4.78, 5) is 34.4. The van der Waals surface area contributed by atoms with E-state index in [4.69, 9.17) is 13.6 Å². The van der Waals surface area contributed by atoms with Gasteiger partial charge in [0.05, 0.1) is 44.8 Å². The Hall–Kier alpha value is -1.39. The van der Waals surface area contributed by atoms with E-state index in [1.807, 2.05) is 4.90 Å². The van der Waals surface area contributed by atoms with Gasteiger partial charge in [-0.3, -0.25) is 13.9 Å². The zero-order chi connectivity index (χ0) is 22.9. The van der Waals surface area contributed by atoms with Crippen LogP contribution in [0.15, 0.2) is 17.4 Å². The number of nitrogens with zero attached hydrogens (tertiary/aromatic N) is 4. The summed E-state index contributed by atoms with van der Waals surface area (Å²) in [6, 6.07) is 0. The quantitative estimate of drug-likeness (QED) is 0.363. The zero-order valence-electron chi connectivity index (χ0n) is 18.1. The number of rotatable bonds is 15. The second-order valence-electron chi connectivity index (χ2n) is 6.63. The van der Waals surface area contributed by atoms with Gasteiger partial charge in [-0.2, -0.15) is 0 Å². The van der Waals surface area contributed by atoms with Crippen LogP contribution >= 0.6 is 15.2 Å². The van der Waals surface area contributed by atoms with Crippen LogP contribution in [0.2, 0.25) is 0 Å². The second-order valence-corrected chi connectivity index (χ2v) is 10.8. The van der Waals surface area contributed by atoms with Gasteiger partial charge in [-0.1, -0.05) is 0 Å². The Morgan fingerprint density at radius 1 is 1.03 bits per heavy atom. The summed E-state index contributed by atoms with van der Waals surface area (Å²) in [5.41, 5.74) is 0.357. The maximum absolute atomic E-state index is 12.8. The third-order valence-electron chi connectivity index (χ3n) is 4.44. The normalized spacial score (nSPS) is 14.4. The van der Waals surface area contributed by atoms with Crippen molar-refractivity contribution >= 4 is 26.4 Å². The van der Waals surface area contributed by atoms with Crippen LogP contribution in [0.3, 0.4) is 0 Å². The molecule has 0 aliphatic rings. The molecule has 2 rings (SSSR count). The van der Waals surface area contributed by atoms with E-state index >= 15 is 0 Å². The monoisotopic (exact) mass is 479 g/mol. The standard InChI is InChI=1S/C17H31N5O7P2/c1-4-27-30(24,25)11-9-21(10-12-31(26,28-5-2)29-6-3)7-8-22-14-20-15-16(22)18-13-19-17(15)23/h13-14H,4-12H2,1-3H3,(H,24,25)(H,18,19,23). The first-order chi connectivity index (χ1) is 14.7. The Bertz CT molecular complexity index is 969. The number of aromatic nitrogens is 4. The van der Waals surface area contributed by atoms with Crippen molar-refractivity contribution in [3.05, 3.63) is 23.0 Å². The first kappa shape index (κ1) is 25.9. The fourth-order valence-electron chi connectivity index (χ4n) is 3.00. The van der Waals surface area contributed by atoms with Crippen molar-refractivity contribution in [1.82, 2.24) is 24.4 Å². The Balaban J connectivity index is 2.10. The van der Waals surface area contributed by atoms with E-state index in [9.17, 15) is 18.8 Å². The molecule has 1 atom stereocenters. The molecule has 2 heterocycles. The van der Waals surface area contributed by atoms with Crippen molar-refractivity contribution in [2.75, 3.05) is 51.8 Å². The van der Waals surface area contributed by atoms with Gasteiger partial charge >= 0.3 is 15.2 Å². The molecule has 2 aromatic rings. The van der Waals surface area contributed by atoms with E-state index in [0.29, 0.717) is 25.3 Å². The zero-order valence-corrected chi connectivity index (χ0v) is 19.9. The molecule has 0 amide bonds. The average molecular weight is 479 g/mol. The van der Waals surface area contributed by atoms with Crippen molar-refractivity contribution < 1.29 is 27.6 Å². The summed E-state index contributed by atoms with van der Waals surface area (Å²) in [6.45, 7) is 7.22. The smallest absolute Gasteiger partial charge is 0.324 e. The lowest BCUT2D eigenvalue weighted by atomic mass is 10.4. The number of imidazole rings is 1. The first-order valence-electron chi connectivity index (χ1n) is 10.2. The molecule has 0 spiro atoms. The number of fused-ring (bicyclic) bond motifs is 1. The molecule has 0 fully saturated rings. The van der Waals surface area contributed by atoms with Gasteiger partial charge in [0.25, 0.3) is 5.56 Å². The summed E-state index contributed by atoms with van der Waals surface area (Å²) in [7, 11) is -6.98. The maximum atomic E-state index is 12.8. The highest BCUT2D eigenvalue weighted by Gasteiger charge is 2.26. The number of aromatic amines is 1. The highest BCUT2D eigenvalue weighted by molar-refractivity contribution is 7.53. The van der Waals surface area contributed by atoms with E-state index in [2.05, 4.69) is 15.0 Å². The van der Waals surface area contributed by atoms with Crippen molar-refractivity contribution in [2.45, 2.75) is 27.3 Å². The maximum Gasteiger partial charge on any atom is 0.331 e. The van der Waals surface area contributed by atoms with Crippen LogP contribution in [0.25, 0.3) is 11.2 Å². The highest BCUT2D eigenvalue weighted by Crippen LogP contribution is 2.47. The molecular weight excluding hydrogens is 448 g/mol. The lowest BCUT2D eigenvalue weighted by molar-refractivity contribution is 0.211. The van der Waals surface area contributed by atoms with Gasteiger partial charge in [0, 0.05) is 26.2 Å². The Morgan fingerprint density at radius 3 is 2.32 bits per heavy atom. The lowest BCUT2D eigenvalue weighted by Gasteiger charge is -2.25. The van der Waals surface area contributed by atoms with Gasteiger partial charge in [-0.15, -0.1) is 0 Å². The van der Waals surface area contributed by atoms with Gasteiger partial charge in [0.15, 0.2) is 11.2 Å². The molecule has 0 radical (unpaired) electrons. The predicted molar refractivity (Wildman–Crippen MR) is 117 cm³/mol. The molecule has 14 heteroatoms. The summed E-state index contributed by atoms with van der Waals surface area (Å²) >= 11 is 0. The average Bonchev–Trinajstić information content (AvgIpc) is 3.12. The molecule has 0 bridgehead atoms. The molecule has 1 unspecified atom stereocenters. The lowest BCUT2D eigenvalue weighted by Crippen LogP contribution is -2.33. The molecule has 0 saturated heterocycles. The van der Waals surface area contributed by atoms with Gasteiger partial charge < -0.3 is 32.9 Å². The van der Waals surface area contributed by atoms with Crippen molar-refractivity contribution in [2.24, 2.45) is 0 Å². The minimum Gasteiger partial charge on any atom is -0.324 e. The third-order valence-corrected chi connectivity index (χ3v) is 7.91. The van der Waals surface area contributed by atoms with Crippen LogP contribution in [0.4, 0.5) is 0 Å². The summed E-state index contributed by atoms with van der Waals surface area (Å²) in [6.07, 6.45) is 2.90. The largest absolute Gasteiger partial charge is 0.331 e. The van der Waals surface area contributed by atoms with Crippen LogP contribution in [-0.2, 0) is 29.2 Å². The molecule has 176 valence electrons. The predicted octanol–water partition coefficient (Wildman–Crippen LogP) is 1.91. The SMILES string of the molecule is CCOP(=O)(O)CCN(CCn1cnc2c(=O)[nH]cnc21)CCP(=O)(OCC)OCC. The highest BCUT2D eigenvalue weighted by atomic mass is 31.2. The number of nitrogens with one attached hydrogen (secondary N) is 1. The molecule has 0 aromatic carbocycles. The number of hydrogen-bond donors (Lipinski definition) is 2. The topological polar surface area (TPSA) is 149 Å². The van der Waals surface area contributed by atoms with Crippen LogP contribution in [-0.4, -0.2) is 81.1 Å². The van der Waals surface area contributed by atoms with Crippen LogP contribution in [0.5, 0.6) is 0 Å². The van der Waals surface area contributed by atoms with Gasteiger partial charge in [-0.05, 0) is 20.8 Å². The Labute approximate surface area is 181 Å². The van der Waals surface area contributed by atoms with Crippen molar-refractivity contribution in [3.8, 4) is 0 Å². The Morgan fingerprint density at radius 2 is 1.68 bits per heavy atom. The van der Waals surface area contributed by atoms with Crippen LogP contribution < -0.4 is 5.56 Å². The van der Waals surface area contributed by atoms with E-state index in [1.165, 1.54) is 12.7 Å². The summed E-state index contributed by atoms with van der Waals surface area (Å²) in [5.74, 6) is 0. The van der Waals surface area contributed by atoms with E-state index in [0.717, 1.165) is 0 Å². The molecule has 0 aliphatic carbocycles. The summed E-state index contributed by atoms with van der Waals surface area (Å²) < 4.78 is 42.3. The fourth-order valence-corrected chi connectivity index (χ4v) is 5.71. The molecular formula is C17H31N5O7P2. The molecule has 31 heavy (non-hydrogen) atoms. The molecule has 12 nitrogen and oxygen atoms in total. The van der Waals surface area contributed by atoms with Gasteiger partial charge in [0.2, 0.25) is 0 Å². The summed E-state index contributed by atoms with van der Waals surface area (Å²) in [5, 5.41) is 0. The van der Waals surface area contributed by atoms with Crippen LogP contribution in [0.1, 0.15) is 20.8 Å². The van der Waals surface area contributed by atoms with Crippen LogP contribution in [0, 0.1) is 0 Å². The third kappa shape index (κ3) is 7.91. The molecule has 2 aromatic heterocycles. The second kappa shape index (κ2) is 12.0. The fraction of sp³-hybridized carbons (Fsp3) is 0.706. The molecule has 2 N–H and O–H groups in total. The van der Waals surface area contributed by atoms with Gasteiger partial charge in [-0.25, -0.2) is 9.97 Å². The molecule has 0 saturated carbocycles. The van der Waals surface area contributed by atoms with Gasteiger partial charge in [0.1, 0.15) is 0 Å². The van der Waals surface area contributed by atoms with Crippen molar-refractivity contribution in [3.63, 3.8) is 0 Å².